The summed E-state index contributed by atoms with van der Waals surface area (Å²) in [6.45, 7) is 2.82. The predicted molar refractivity (Wildman–Crippen MR) is 72.8 cm³/mol. The maximum atomic E-state index is 5.60. The number of ether oxygens (including phenoxy) is 1. The van der Waals surface area contributed by atoms with Crippen LogP contribution in [0.5, 0.6) is 0 Å². The van der Waals surface area contributed by atoms with Crippen LogP contribution in [0.1, 0.15) is 25.0 Å². The van der Waals surface area contributed by atoms with Gasteiger partial charge in [0.25, 0.3) is 0 Å². The first kappa shape index (κ1) is 13.4. The Labute approximate surface area is 109 Å². The molecule has 1 aromatic rings. The lowest BCUT2D eigenvalue weighted by atomic mass is 10.2. The van der Waals surface area contributed by atoms with Crippen molar-refractivity contribution in [1.29, 1.82) is 0 Å². The molecule has 0 aliphatic carbocycles. The second kappa shape index (κ2) is 6.20. The van der Waals surface area contributed by atoms with Crippen molar-refractivity contribution >= 4 is 5.95 Å². The van der Waals surface area contributed by atoms with Crippen molar-refractivity contribution in [3.63, 3.8) is 0 Å². The predicted octanol–water partition coefficient (Wildman–Crippen LogP) is 1.14. The van der Waals surface area contributed by atoms with E-state index in [9.17, 15) is 0 Å². The molecule has 1 unspecified atom stereocenters. The number of anilines is 1. The number of hydrogen-bond acceptors (Lipinski definition) is 4. The van der Waals surface area contributed by atoms with Crippen molar-refractivity contribution in [1.82, 2.24) is 14.9 Å². The van der Waals surface area contributed by atoms with Crippen LogP contribution >= 0.6 is 0 Å². The maximum Gasteiger partial charge on any atom is 0.204 e. The average Bonchev–Trinajstić information content (AvgIpc) is 2.95. The van der Waals surface area contributed by atoms with Crippen molar-refractivity contribution in [3.05, 3.63) is 11.9 Å². The highest BCUT2D eigenvalue weighted by molar-refractivity contribution is 5.30. The van der Waals surface area contributed by atoms with Crippen LogP contribution in [-0.2, 0) is 18.3 Å². The van der Waals surface area contributed by atoms with Gasteiger partial charge in [-0.15, -0.1) is 0 Å². The summed E-state index contributed by atoms with van der Waals surface area (Å²) in [6, 6.07) is 0. The molecule has 1 aliphatic heterocycles. The summed E-state index contributed by atoms with van der Waals surface area (Å²) in [5.74, 6) is 0.992. The Morgan fingerprint density at radius 1 is 1.56 bits per heavy atom. The van der Waals surface area contributed by atoms with E-state index in [2.05, 4.69) is 21.9 Å². The molecule has 0 saturated carbocycles. The zero-order chi connectivity index (χ0) is 13.0. The molecule has 0 radical (unpaired) electrons. The van der Waals surface area contributed by atoms with E-state index in [1.54, 1.807) is 0 Å². The fourth-order valence-electron chi connectivity index (χ4n) is 2.37. The van der Waals surface area contributed by atoms with Crippen LogP contribution in [0.15, 0.2) is 6.20 Å². The molecule has 5 nitrogen and oxygen atoms in total. The Hall–Kier alpha value is -1.07. The van der Waals surface area contributed by atoms with Crippen molar-refractivity contribution in [2.24, 2.45) is 7.05 Å². The molecule has 1 fully saturated rings. The molecule has 0 aromatic carbocycles. The van der Waals surface area contributed by atoms with Gasteiger partial charge in [0.05, 0.1) is 18.0 Å². The number of aromatic nitrogens is 2. The third-order valence-electron chi connectivity index (χ3n) is 3.43. The highest BCUT2D eigenvalue weighted by Gasteiger charge is 2.14. The van der Waals surface area contributed by atoms with Crippen LogP contribution in [0.25, 0.3) is 0 Å². The number of imidazole rings is 1. The molecule has 1 aliphatic rings. The van der Waals surface area contributed by atoms with E-state index in [1.165, 1.54) is 18.5 Å². The minimum absolute atomic E-state index is 0.473. The fraction of sp³-hybridized carbons (Fsp3) is 0.769. The largest absolute Gasteiger partial charge is 0.378 e. The van der Waals surface area contributed by atoms with Gasteiger partial charge < -0.3 is 19.5 Å². The topological polar surface area (TPSA) is 42.3 Å². The molecule has 1 atom stereocenters. The molecule has 1 N–H and O–H groups in total. The lowest BCUT2D eigenvalue weighted by molar-refractivity contribution is 0.104. The van der Waals surface area contributed by atoms with Crippen molar-refractivity contribution < 1.29 is 4.74 Å². The highest BCUT2D eigenvalue weighted by Crippen LogP contribution is 2.14. The van der Waals surface area contributed by atoms with Gasteiger partial charge in [-0.3, -0.25) is 0 Å². The Morgan fingerprint density at radius 2 is 2.39 bits per heavy atom. The van der Waals surface area contributed by atoms with Gasteiger partial charge in [-0.1, -0.05) is 0 Å². The minimum atomic E-state index is 0.473. The van der Waals surface area contributed by atoms with Crippen LogP contribution in [0, 0.1) is 0 Å². The summed E-state index contributed by atoms with van der Waals surface area (Å²) < 4.78 is 7.72. The molecular formula is C13H24N4O. The second-order valence-corrected chi connectivity index (χ2v) is 5.10. The molecule has 18 heavy (non-hydrogen) atoms. The van der Waals surface area contributed by atoms with Crippen molar-refractivity contribution in [2.75, 3.05) is 32.1 Å². The van der Waals surface area contributed by atoms with Gasteiger partial charge in [-0.25, -0.2) is 4.98 Å². The summed E-state index contributed by atoms with van der Waals surface area (Å²) in [5, 5.41) is 3.46. The number of nitrogens with zero attached hydrogens (tertiary/aromatic N) is 3. The zero-order valence-corrected chi connectivity index (χ0v) is 11.6. The average molecular weight is 252 g/mol. The van der Waals surface area contributed by atoms with Gasteiger partial charge in [0.1, 0.15) is 0 Å². The molecule has 5 heteroatoms. The second-order valence-electron chi connectivity index (χ2n) is 5.10. The third kappa shape index (κ3) is 3.23. The Morgan fingerprint density at radius 3 is 3.00 bits per heavy atom. The minimum Gasteiger partial charge on any atom is -0.378 e. The van der Waals surface area contributed by atoms with Crippen LogP contribution in [0.3, 0.4) is 0 Å². The van der Waals surface area contributed by atoms with E-state index in [-0.39, 0.29) is 0 Å². The fourth-order valence-corrected chi connectivity index (χ4v) is 2.37. The molecule has 1 aromatic heterocycles. The first-order chi connectivity index (χ1) is 8.68. The van der Waals surface area contributed by atoms with E-state index in [1.807, 2.05) is 25.2 Å². The number of nitrogens with one attached hydrogen (secondary N) is 1. The first-order valence-corrected chi connectivity index (χ1v) is 6.68. The van der Waals surface area contributed by atoms with Gasteiger partial charge in [-0.05, 0) is 25.8 Å². The Kier molecular flexibility index (Phi) is 4.60. The summed E-state index contributed by atoms with van der Waals surface area (Å²) in [7, 11) is 6.08. The first-order valence-electron chi connectivity index (χ1n) is 6.68. The standard InChI is InChI=1S/C13H24N4O/c1-16(2)13-15-10-11(17(13)3)9-14-7-6-12-5-4-8-18-12/h10,12,14H,4-9H2,1-3H3. The van der Waals surface area contributed by atoms with Gasteiger partial charge in [0.2, 0.25) is 5.95 Å². The van der Waals surface area contributed by atoms with Gasteiger partial charge >= 0.3 is 0 Å². The van der Waals surface area contributed by atoms with Crippen LogP contribution in [0.2, 0.25) is 0 Å². The number of rotatable bonds is 6. The van der Waals surface area contributed by atoms with E-state index in [0.717, 1.165) is 32.1 Å². The normalized spacial score (nSPS) is 19.4. The lowest BCUT2D eigenvalue weighted by Gasteiger charge is -2.13. The van der Waals surface area contributed by atoms with Crippen LogP contribution in [0.4, 0.5) is 5.95 Å². The Bertz CT molecular complexity index is 369. The van der Waals surface area contributed by atoms with E-state index < -0.39 is 0 Å². The molecule has 0 spiro atoms. The molecule has 0 bridgehead atoms. The maximum absolute atomic E-state index is 5.60. The summed E-state index contributed by atoms with van der Waals surface area (Å²) in [4.78, 5) is 6.42. The number of hydrogen-bond donors (Lipinski definition) is 1. The van der Waals surface area contributed by atoms with E-state index in [4.69, 9.17) is 4.74 Å². The molecule has 1 saturated heterocycles. The molecular weight excluding hydrogens is 228 g/mol. The summed E-state index contributed by atoms with van der Waals surface area (Å²) in [5.41, 5.74) is 1.21. The van der Waals surface area contributed by atoms with Gasteiger partial charge in [-0.2, -0.15) is 0 Å². The van der Waals surface area contributed by atoms with Crippen molar-refractivity contribution in [2.45, 2.75) is 31.9 Å². The van der Waals surface area contributed by atoms with E-state index in [0.29, 0.717) is 6.10 Å². The van der Waals surface area contributed by atoms with Crippen LogP contribution < -0.4 is 10.2 Å². The monoisotopic (exact) mass is 252 g/mol. The SMILES string of the molecule is CN(C)c1ncc(CNCCC2CCCO2)n1C. The van der Waals surface area contributed by atoms with Crippen LogP contribution in [-0.4, -0.2) is 42.9 Å². The summed E-state index contributed by atoms with van der Waals surface area (Å²) >= 11 is 0. The Balaban J connectivity index is 1.72. The molecule has 2 rings (SSSR count). The third-order valence-corrected chi connectivity index (χ3v) is 3.43. The zero-order valence-electron chi connectivity index (χ0n) is 11.6. The van der Waals surface area contributed by atoms with Gasteiger partial charge in [0, 0.05) is 34.3 Å². The lowest BCUT2D eigenvalue weighted by Crippen LogP contribution is -2.21. The molecule has 2 heterocycles. The highest BCUT2D eigenvalue weighted by atomic mass is 16.5. The van der Waals surface area contributed by atoms with Gasteiger partial charge in [0.15, 0.2) is 0 Å². The smallest absolute Gasteiger partial charge is 0.204 e. The van der Waals surface area contributed by atoms with E-state index >= 15 is 0 Å². The summed E-state index contributed by atoms with van der Waals surface area (Å²) in [6.07, 6.45) is 5.96. The quantitative estimate of drug-likeness (QED) is 0.771. The molecule has 0 amide bonds. The van der Waals surface area contributed by atoms with Crippen molar-refractivity contribution in [3.8, 4) is 0 Å². The molecule has 102 valence electrons.